The van der Waals surface area contributed by atoms with Gasteiger partial charge in [0.05, 0.1) is 24.0 Å². The largest absolute Gasteiger partial charge is 0.378 e. The van der Waals surface area contributed by atoms with Crippen LogP contribution in [0, 0.1) is 6.92 Å². The van der Waals surface area contributed by atoms with Crippen molar-refractivity contribution >= 4 is 22.4 Å². The highest BCUT2D eigenvalue weighted by atomic mass is 32.1. The minimum atomic E-state index is 0.0624. The number of aromatic nitrogens is 1. The maximum Gasteiger partial charge on any atom is 0.258 e. The van der Waals surface area contributed by atoms with E-state index >= 15 is 0 Å². The summed E-state index contributed by atoms with van der Waals surface area (Å²) in [5, 5.41) is 3.88. The second kappa shape index (κ2) is 5.67. The van der Waals surface area contributed by atoms with Crippen molar-refractivity contribution in [2.45, 2.75) is 26.4 Å². The Balaban J connectivity index is 2.17. The van der Waals surface area contributed by atoms with Crippen molar-refractivity contribution in [3.8, 4) is 0 Å². The Bertz CT molecular complexity index is 433. The van der Waals surface area contributed by atoms with Crippen molar-refractivity contribution in [2.24, 2.45) is 0 Å². The van der Waals surface area contributed by atoms with Crippen LogP contribution in [0.1, 0.15) is 29.4 Å². The number of carbonyl (C=O) groups excluding carboxylic acids is 1. The molecule has 1 N–H and O–H groups in total. The molecule has 1 aromatic heterocycles. The first-order chi connectivity index (χ1) is 8.67. The molecule has 0 spiro atoms. The second-order valence-electron chi connectivity index (χ2n) is 4.37. The first kappa shape index (κ1) is 13.3. The van der Waals surface area contributed by atoms with Crippen LogP contribution in [0.4, 0.5) is 5.00 Å². The minimum absolute atomic E-state index is 0.0624. The molecule has 1 aliphatic heterocycles. The molecule has 2 rings (SSSR count). The van der Waals surface area contributed by atoms with E-state index in [4.69, 9.17) is 4.74 Å². The van der Waals surface area contributed by atoms with Gasteiger partial charge in [0.2, 0.25) is 0 Å². The topological polar surface area (TPSA) is 54.5 Å². The number of nitrogens with zero attached hydrogens (tertiary/aromatic N) is 2. The lowest BCUT2D eigenvalue weighted by molar-refractivity contribution is -0.0226. The SMILES string of the molecule is CC[C@@H]1CN(C(=O)c2c(C)nsc2NC)CCO1. The van der Waals surface area contributed by atoms with E-state index in [9.17, 15) is 4.79 Å². The monoisotopic (exact) mass is 269 g/mol. The van der Waals surface area contributed by atoms with Crippen LogP contribution < -0.4 is 5.32 Å². The number of anilines is 1. The van der Waals surface area contributed by atoms with Gasteiger partial charge < -0.3 is 15.0 Å². The van der Waals surface area contributed by atoms with Gasteiger partial charge in [0, 0.05) is 20.1 Å². The molecule has 1 fully saturated rings. The summed E-state index contributed by atoms with van der Waals surface area (Å²) in [6.07, 6.45) is 1.09. The third-order valence-corrected chi connectivity index (χ3v) is 4.14. The molecule has 0 unspecified atom stereocenters. The average molecular weight is 269 g/mol. The minimum Gasteiger partial charge on any atom is -0.378 e. The maximum atomic E-state index is 12.5. The van der Waals surface area contributed by atoms with E-state index in [0.717, 1.165) is 17.1 Å². The van der Waals surface area contributed by atoms with E-state index in [0.29, 0.717) is 25.3 Å². The molecule has 0 aromatic carbocycles. The number of carbonyl (C=O) groups is 1. The van der Waals surface area contributed by atoms with Gasteiger partial charge in [-0.25, -0.2) is 0 Å². The van der Waals surface area contributed by atoms with Gasteiger partial charge in [-0.3, -0.25) is 4.79 Å². The number of aryl methyl sites for hydroxylation is 1. The normalized spacial score (nSPS) is 19.9. The van der Waals surface area contributed by atoms with Crippen molar-refractivity contribution < 1.29 is 9.53 Å². The van der Waals surface area contributed by atoms with E-state index < -0.39 is 0 Å². The van der Waals surface area contributed by atoms with E-state index in [1.807, 2.05) is 18.9 Å². The van der Waals surface area contributed by atoms with Gasteiger partial charge >= 0.3 is 0 Å². The fourth-order valence-electron chi connectivity index (χ4n) is 2.10. The number of hydrogen-bond acceptors (Lipinski definition) is 5. The predicted molar refractivity (Wildman–Crippen MR) is 72.3 cm³/mol. The summed E-state index contributed by atoms with van der Waals surface area (Å²) >= 11 is 1.34. The molecular weight excluding hydrogens is 250 g/mol. The van der Waals surface area contributed by atoms with Crippen molar-refractivity contribution in [1.29, 1.82) is 0 Å². The summed E-state index contributed by atoms with van der Waals surface area (Å²) in [7, 11) is 1.82. The molecule has 2 heterocycles. The van der Waals surface area contributed by atoms with Crippen molar-refractivity contribution in [3.05, 3.63) is 11.3 Å². The molecule has 5 nitrogen and oxygen atoms in total. The Kier molecular flexibility index (Phi) is 4.19. The molecular formula is C12H19N3O2S. The number of amides is 1. The summed E-state index contributed by atoms with van der Waals surface area (Å²) in [5.41, 5.74) is 1.51. The summed E-state index contributed by atoms with van der Waals surface area (Å²) < 4.78 is 9.83. The standard InChI is InChI=1S/C12H19N3O2S/c1-4-9-7-15(5-6-17-9)12(16)10-8(2)14-18-11(10)13-3/h9,13H,4-7H2,1-3H3/t9-/m1/s1. The van der Waals surface area contributed by atoms with Crippen molar-refractivity contribution in [3.63, 3.8) is 0 Å². The third-order valence-electron chi connectivity index (χ3n) is 3.18. The van der Waals surface area contributed by atoms with E-state index in [2.05, 4.69) is 16.6 Å². The van der Waals surface area contributed by atoms with Crippen LogP contribution in [-0.4, -0.2) is 48.0 Å². The quantitative estimate of drug-likeness (QED) is 0.908. The smallest absolute Gasteiger partial charge is 0.258 e. The van der Waals surface area contributed by atoms with Crippen LogP contribution in [0.3, 0.4) is 0 Å². The molecule has 1 aromatic rings. The molecule has 0 aliphatic carbocycles. The maximum absolute atomic E-state index is 12.5. The molecule has 1 atom stereocenters. The van der Waals surface area contributed by atoms with Gasteiger partial charge in [0.15, 0.2) is 0 Å². The molecule has 1 amide bonds. The van der Waals surface area contributed by atoms with Gasteiger partial charge in [-0.05, 0) is 24.9 Å². The van der Waals surface area contributed by atoms with Crippen molar-refractivity contribution in [1.82, 2.24) is 9.27 Å². The van der Waals surface area contributed by atoms with Crippen LogP contribution in [-0.2, 0) is 4.74 Å². The summed E-state index contributed by atoms with van der Waals surface area (Å²) in [6.45, 7) is 5.91. The van der Waals surface area contributed by atoms with Gasteiger partial charge in [-0.2, -0.15) is 4.37 Å². The Hall–Kier alpha value is -1.14. The molecule has 18 heavy (non-hydrogen) atoms. The lowest BCUT2D eigenvalue weighted by Crippen LogP contribution is -2.45. The Morgan fingerprint density at radius 3 is 3.11 bits per heavy atom. The highest BCUT2D eigenvalue weighted by Gasteiger charge is 2.27. The van der Waals surface area contributed by atoms with Crippen LogP contribution >= 0.6 is 11.5 Å². The summed E-state index contributed by atoms with van der Waals surface area (Å²) in [6, 6.07) is 0. The van der Waals surface area contributed by atoms with E-state index in [1.165, 1.54) is 11.5 Å². The van der Waals surface area contributed by atoms with Crippen LogP contribution in [0.25, 0.3) is 0 Å². The number of ether oxygens (including phenoxy) is 1. The zero-order chi connectivity index (χ0) is 13.1. The predicted octanol–water partition coefficient (Wildman–Crippen LogP) is 1.74. The Morgan fingerprint density at radius 1 is 1.67 bits per heavy atom. The second-order valence-corrected chi connectivity index (χ2v) is 5.15. The molecule has 0 bridgehead atoms. The third kappa shape index (κ3) is 2.49. The Labute approximate surface area is 111 Å². The zero-order valence-corrected chi connectivity index (χ0v) is 11.8. The zero-order valence-electron chi connectivity index (χ0n) is 11.0. The average Bonchev–Trinajstić information content (AvgIpc) is 2.79. The number of hydrogen-bond donors (Lipinski definition) is 1. The van der Waals surface area contributed by atoms with Gasteiger partial charge in [-0.1, -0.05) is 6.92 Å². The fourth-order valence-corrected chi connectivity index (χ4v) is 2.84. The first-order valence-corrected chi connectivity index (χ1v) is 6.99. The molecule has 6 heteroatoms. The van der Waals surface area contributed by atoms with E-state index in [-0.39, 0.29) is 12.0 Å². The summed E-state index contributed by atoms with van der Waals surface area (Å²) in [4.78, 5) is 14.4. The van der Waals surface area contributed by atoms with Gasteiger partial charge in [0.25, 0.3) is 5.91 Å². The highest BCUT2D eigenvalue weighted by molar-refractivity contribution is 7.10. The Morgan fingerprint density at radius 2 is 2.44 bits per heavy atom. The lowest BCUT2D eigenvalue weighted by atomic mass is 10.1. The number of nitrogens with one attached hydrogen (secondary N) is 1. The van der Waals surface area contributed by atoms with Gasteiger partial charge in [-0.15, -0.1) is 0 Å². The highest BCUT2D eigenvalue weighted by Crippen LogP contribution is 2.26. The van der Waals surface area contributed by atoms with Crippen LogP contribution in [0.5, 0.6) is 0 Å². The van der Waals surface area contributed by atoms with Crippen LogP contribution in [0.2, 0.25) is 0 Å². The number of rotatable bonds is 3. The lowest BCUT2D eigenvalue weighted by Gasteiger charge is -2.32. The molecule has 0 saturated carbocycles. The first-order valence-electron chi connectivity index (χ1n) is 6.22. The molecule has 0 radical (unpaired) electrons. The van der Waals surface area contributed by atoms with Crippen molar-refractivity contribution in [2.75, 3.05) is 32.1 Å². The molecule has 1 saturated heterocycles. The molecule has 1 aliphatic rings. The molecule has 100 valence electrons. The van der Waals surface area contributed by atoms with E-state index in [1.54, 1.807) is 0 Å². The summed E-state index contributed by atoms with van der Waals surface area (Å²) in [5.74, 6) is 0.0624. The fraction of sp³-hybridized carbons (Fsp3) is 0.667. The van der Waals surface area contributed by atoms with Gasteiger partial charge in [0.1, 0.15) is 5.00 Å². The number of morpholine rings is 1. The van der Waals surface area contributed by atoms with Crippen LogP contribution in [0.15, 0.2) is 0 Å².